The van der Waals surface area contributed by atoms with Gasteiger partial charge in [0.25, 0.3) is 0 Å². The number of rotatable bonds is 6. The Labute approximate surface area is 128 Å². The Balaban J connectivity index is 2.02. The van der Waals surface area contributed by atoms with Gasteiger partial charge in [0.2, 0.25) is 5.91 Å². The lowest BCUT2D eigenvalue weighted by molar-refractivity contribution is -0.121. The average molecular weight is 304 g/mol. The predicted molar refractivity (Wildman–Crippen MR) is 86.1 cm³/mol. The molecule has 6 heteroatoms. The van der Waals surface area contributed by atoms with Gasteiger partial charge in [-0.3, -0.25) is 4.79 Å². The summed E-state index contributed by atoms with van der Waals surface area (Å²) in [6.45, 7) is 0.745. The Hall–Kier alpha value is -1.92. The molecular weight excluding hydrogens is 284 g/mol. The minimum atomic E-state index is -0.0454. The Bertz CT molecular complexity index is 582. The van der Waals surface area contributed by atoms with Crippen molar-refractivity contribution in [2.45, 2.75) is 12.5 Å². The standard InChI is InChI=1S/C15H20N4OS/c1-19(2)9-13(11-6-4-3-5-7-11)18-14(20)8-12-10-21-15(16)17-12/h3-7,10,13H,8-9H2,1-2H3,(H2,16,17)(H,18,20). The summed E-state index contributed by atoms with van der Waals surface area (Å²) in [5.74, 6) is -0.0454. The number of amides is 1. The monoisotopic (exact) mass is 304 g/mol. The van der Waals surface area contributed by atoms with Gasteiger partial charge in [-0.2, -0.15) is 0 Å². The number of thiazole rings is 1. The van der Waals surface area contributed by atoms with Crippen LogP contribution in [0, 0.1) is 0 Å². The lowest BCUT2D eigenvalue weighted by Gasteiger charge is -2.22. The molecule has 21 heavy (non-hydrogen) atoms. The van der Waals surface area contributed by atoms with Gasteiger partial charge in [-0.1, -0.05) is 30.3 Å². The number of benzene rings is 1. The molecule has 0 aliphatic carbocycles. The second kappa shape index (κ2) is 7.19. The number of anilines is 1. The van der Waals surface area contributed by atoms with Crippen molar-refractivity contribution in [2.75, 3.05) is 26.4 Å². The quantitative estimate of drug-likeness (QED) is 0.852. The van der Waals surface area contributed by atoms with Crippen molar-refractivity contribution in [3.63, 3.8) is 0 Å². The van der Waals surface area contributed by atoms with Gasteiger partial charge in [0.15, 0.2) is 5.13 Å². The van der Waals surface area contributed by atoms with E-state index >= 15 is 0 Å². The van der Waals surface area contributed by atoms with Crippen LogP contribution in [0.2, 0.25) is 0 Å². The molecular formula is C15H20N4OS. The molecule has 1 unspecified atom stereocenters. The maximum Gasteiger partial charge on any atom is 0.226 e. The summed E-state index contributed by atoms with van der Waals surface area (Å²) in [5.41, 5.74) is 7.39. The third-order valence-corrected chi connectivity index (χ3v) is 3.72. The lowest BCUT2D eigenvalue weighted by Crippen LogP contribution is -2.36. The Morgan fingerprint density at radius 3 is 2.67 bits per heavy atom. The fourth-order valence-corrected chi connectivity index (χ4v) is 2.66. The molecule has 0 radical (unpaired) electrons. The molecule has 0 aliphatic rings. The van der Waals surface area contributed by atoms with Crippen molar-refractivity contribution >= 4 is 22.4 Å². The van der Waals surface area contributed by atoms with Crippen molar-refractivity contribution in [3.8, 4) is 0 Å². The van der Waals surface area contributed by atoms with Crippen LogP contribution in [0.4, 0.5) is 5.13 Å². The first-order valence-corrected chi connectivity index (χ1v) is 7.61. The Morgan fingerprint density at radius 1 is 1.38 bits per heavy atom. The molecule has 1 aromatic heterocycles. The van der Waals surface area contributed by atoms with E-state index in [1.165, 1.54) is 11.3 Å². The molecule has 0 saturated heterocycles. The molecule has 1 aromatic carbocycles. The van der Waals surface area contributed by atoms with Crippen LogP contribution in [0.25, 0.3) is 0 Å². The summed E-state index contributed by atoms with van der Waals surface area (Å²) in [6, 6.07) is 9.93. The van der Waals surface area contributed by atoms with Gasteiger partial charge < -0.3 is 16.0 Å². The number of hydrogen-bond donors (Lipinski definition) is 2. The minimum absolute atomic E-state index is 0.0373. The first kappa shape index (κ1) is 15.5. The van der Waals surface area contributed by atoms with Crippen molar-refractivity contribution in [1.82, 2.24) is 15.2 Å². The summed E-state index contributed by atoms with van der Waals surface area (Å²) >= 11 is 1.35. The molecule has 0 bridgehead atoms. The molecule has 1 amide bonds. The van der Waals surface area contributed by atoms with E-state index in [0.29, 0.717) is 10.8 Å². The lowest BCUT2D eigenvalue weighted by atomic mass is 10.1. The van der Waals surface area contributed by atoms with Gasteiger partial charge in [0, 0.05) is 11.9 Å². The zero-order valence-electron chi connectivity index (χ0n) is 12.2. The minimum Gasteiger partial charge on any atom is -0.375 e. The summed E-state index contributed by atoms with van der Waals surface area (Å²) in [7, 11) is 3.98. The second-order valence-electron chi connectivity index (χ2n) is 5.15. The maximum absolute atomic E-state index is 12.2. The zero-order chi connectivity index (χ0) is 15.2. The molecule has 2 aromatic rings. The number of hydrogen-bond acceptors (Lipinski definition) is 5. The smallest absolute Gasteiger partial charge is 0.226 e. The number of nitrogens with zero attached hydrogens (tertiary/aromatic N) is 2. The van der Waals surface area contributed by atoms with Crippen LogP contribution in [0.3, 0.4) is 0 Å². The van der Waals surface area contributed by atoms with Crippen LogP contribution in [0.5, 0.6) is 0 Å². The van der Waals surface area contributed by atoms with Gasteiger partial charge >= 0.3 is 0 Å². The normalized spacial score (nSPS) is 12.3. The third-order valence-electron chi connectivity index (χ3n) is 3.00. The van der Waals surface area contributed by atoms with E-state index in [4.69, 9.17) is 5.73 Å². The highest BCUT2D eigenvalue weighted by atomic mass is 32.1. The molecule has 2 rings (SSSR count). The van der Waals surface area contributed by atoms with Crippen molar-refractivity contribution < 1.29 is 4.79 Å². The molecule has 3 N–H and O–H groups in total. The Morgan fingerprint density at radius 2 is 2.10 bits per heavy atom. The van der Waals surface area contributed by atoms with Gasteiger partial charge in [-0.25, -0.2) is 4.98 Å². The first-order valence-electron chi connectivity index (χ1n) is 6.73. The predicted octanol–water partition coefficient (Wildman–Crippen LogP) is 1.69. The summed E-state index contributed by atoms with van der Waals surface area (Å²) < 4.78 is 0. The average Bonchev–Trinajstić information content (AvgIpc) is 2.83. The number of nitrogens with two attached hydrogens (primary N) is 1. The van der Waals surface area contributed by atoms with Crippen LogP contribution in [-0.2, 0) is 11.2 Å². The number of carbonyl (C=O) groups excluding carboxylic acids is 1. The van der Waals surface area contributed by atoms with E-state index in [1.807, 2.05) is 49.8 Å². The zero-order valence-corrected chi connectivity index (χ0v) is 13.1. The van der Waals surface area contributed by atoms with Gasteiger partial charge in [0.1, 0.15) is 0 Å². The summed E-state index contributed by atoms with van der Waals surface area (Å²) in [6.07, 6.45) is 0.254. The second-order valence-corrected chi connectivity index (χ2v) is 6.04. The summed E-state index contributed by atoms with van der Waals surface area (Å²) in [4.78, 5) is 18.4. The highest BCUT2D eigenvalue weighted by molar-refractivity contribution is 7.13. The molecule has 0 saturated carbocycles. The first-order chi connectivity index (χ1) is 10.0. The van der Waals surface area contributed by atoms with E-state index < -0.39 is 0 Å². The van der Waals surface area contributed by atoms with E-state index in [9.17, 15) is 4.79 Å². The maximum atomic E-state index is 12.2. The largest absolute Gasteiger partial charge is 0.375 e. The van der Waals surface area contributed by atoms with Crippen LogP contribution >= 0.6 is 11.3 Å². The highest BCUT2D eigenvalue weighted by Gasteiger charge is 2.16. The molecule has 112 valence electrons. The molecule has 1 heterocycles. The fraction of sp³-hybridized carbons (Fsp3) is 0.333. The van der Waals surface area contributed by atoms with E-state index in [2.05, 4.69) is 15.2 Å². The summed E-state index contributed by atoms with van der Waals surface area (Å²) in [5, 5.41) is 5.37. The topological polar surface area (TPSA) is 71.2 Å². The van der Waals surface area contributed by atoms with Gasteiger partial charge in [-0.05, 0) is 19.7 Å². The SMILES string of the molecule is CN(C)CC(NC(=O)Cc1csc(N)n1)c1ccccc1. The number of likely N-dealkylation sites (N-methyl/N-ethyl adjacent to an activating group) is 1. The number of carbonyl (C=O) groups is 1. The molecule has 0 aliphatic heterocycles. The molecule has 0 spiro atoms. The van der Waals surface area contributed by atoms with E-state index in [-0.39, 0.29) is 18.4 Å². The molecule has 5 nitrogen and oxygen atoms in total. The van der Waals surface area contributed by atoms with E-state index in [0.717, 1.165) is 12.1 Å². The number of nitrogens with one attached hydrogen (secondary N) is 1. The molecule has 1 atom stereocenters. The van der Waals surface area contributed by atoms with Crippen molar-refractivity contribution in [2.24, 2.45) is 0 Å². The Kier molecular flexibility index (Phi) is 5.30. The third kappa shape index (κ3) is 4.84. The fourth-order valence-electron chi connectivity index (χ4n) is 2.10. The van der Waals surface area contributed by atoms with Crippen LogP contribution in [-0.4, -0.2) is 36.4 Å². The van der Waals surface area contributed by atoms with Crippen molar-refractivity contribution in [3.05, 3.63) is 47.0 Å². The van der Waals surface area contributed by atoms with Crippen LogP contribution in [0.1, 0.15) is 17.3 Å². The van der Waals surface area contributed by atoms with E-state index in [1.54, 1.807) is 0 Å². The van der Waals surface area contributed by atoms with Crippen LogP contribution in [0.15, 0.2) is 35.7 Å². The van der Waals surface area contributed by atoms with Crippen LogP contribution < -0.4 is 11.1 Å². The van der Waals surface area contributed by atoms with Crippen molar-refractivity contribution in [1.29, 1.82) is 0 Å². The number of aromatic nitrogens is 1. The number of nitrogen functional groups attached to an aromatic ring is 1. The highest BCUT2D eigenvalue weighted by Crippen LogP contribution is 2.15. The molecule has 0 fully saturated rings. The van der Waals surface area contributed by atoms with Gasteiger partial charge in [-0.15, -0.1) is 11.3 Å². The van der Waals surface area contributed by atoms with Gasteiger partial charge in [0.05, 0.1) is 18.2 Å².